The van der Waals surface area contributed by atoms with E-state index in [1.54, 1.807) is 12.1 Å². The predicted octanol–water partition coefficient (Wildman–Crippen LogP) is 3.89. The van der Waals surface area contributed by atoms with E-state index in [-0.39, 0.29) is 5.56 Å². The number of halogens is 1. The molecule has 3 N–H and O–H groups in total. The Labute approximate surface area is 183 Å². The summed E-state index contributed by atoms with van der Waals surface area (Å²) in [4.78, 5) is 22.5. The topological polar surface area (TPSA) is 101 Å². The standard InChI is InChI=1S/C23H20ClN5O2/c24-16-5-1-14(2-6-16)21-11-18(28-31-21)12-29-10-9-20-19(13-29)23(30)27-22(26-20)15-3-7-17(25)8-4-15/h1-8,11H,9-10,12-13,25H2,(H,26,27,30). The first kappa shape index (κ1) is 19.5. The Morgan fingerprint density at radius 2 is 1.84 bits per heavy atom. The number of nitrogens with one attached hydrogen (secondary N) is 1. The van der Waals surface area contributed by atoms with Crippen molar-refractivity contribution < 1.29 is 4.52 Å². The van der Waals surface area contributed by atoms with Gasteiger partial charge in [-0.25, -0.2) is 4.98 Å². The lowest BCUT2D eigenvalue weighted by atomic mass is 10.1. The van der Waals surface area contributed by atoms with Crippen LogP contribution in [-0.4, -0.2) is 26.6 Å². The van der Waals surface area contributed by atoms with Crippen LogP contribution in [-0.2, 0) is 19.5 Å². The molecule has 31 heavy (non-hydrogen) atoms. The fourth-order valence-corrected chi connectivity index (χ4v) is 3.89. The molecule has 1 aliphatic rings. The van der Waals surface area contributed by atoms with Crippen molar-refractivity contribution in [2.45, 2.75) is 19.5 Å². The van der Waals surface area contributed by atoms with Gasteiger partial charge in [-0.1, -0.05) is 16.8 Å². The molecule has 7 nitrogen and oxygen atoms in total. The second-order valence-corrected chi connectivity index (χ2v) is 8.05. The molecule has 0 saturated heterocycles. The molecule has 0 bridgehead atoms. The Morgan fingerprint density at radius 3 is 2.61 bits per heavy atom. The quantitative estimate of drug-likeness (QED) is 0.473. The lowest BCUT2D eigenvalue weighted by Gasteiger charge is -2.26. The highest BCUT2D eigenvalue weighted by molar-refractivity contribution is 6.30. The zero-order valence-corrected chi connectivity index (χ0v) is 17.4. The second-order valence-electron chi connectivity index (χ2n) is 7.61. The number of hydrogen-bond acceptors (Lipinski definition) is 6. The molecule has 0 spiro atoms. The average molecular weight is 434 g/mol. The Kier molecular flexibility index (Phi) is 5.05. The summed E-state index contributed by atoms with van der Waals surface area (Å²) in [6.45, 7) is 1.90. The Balaban J connectivity index is 1.32. The van der Waals surface area contributed by atoms with Crippen LogP contribution in [0.3, 0.4) is 0 Å². The van der Waals surface area contributed by atoms with Gasteiger partial charge in [0.1, 0.15) is 5.82 Å². The maximum Gasteiger partial charge on any atom is 0.255 e. The van der Waals surface area contributed by atoms with Crippen LogP contribution < -0.4 is 11.3 Å². The van der Waals surface area contributed by atoms with E-state index >= 15 is 0 Å². The van der Waals surface area contributed by atoms with E-state index in [2.05, 4.69) is 15.0 Å². The molecule has 8 heteroatoms. The van der Waals surface area contributed by atoms with E-state index in [0.29, 0.717) is 47.4 Å². The van der Waals surface area contributed by atoms with Crippen molar-refractivity contribution in [2.75, 3.05) is 12.3 Å². The van der Waals surface area contributed by atoms with Crippen molar-refractivity contribution in [1.82, 2.24) is 20.0 Å². The fraction of sp³-hybridized carbons (Fsp3) is 0.174. The molecule has 0 fully saturated rings. The largest absolute Gasteiger partial charge is 0.399 e. The van der Waals surface area contributed by atoms with E-state index in [1.165, 1.54) is 0 Å². The van der Waals surface area contributed by atoms with Gasteiger partial charge in [-0.3, -0.25) is 9.69 Å². The first-order valence-corrected chi connectivity index (χ1v) is 10.3. The zero-order chi connectivity index (χ0) is 21.4. The minimum absolute atomic E-state index is 0.108. The first-order valence-electron chi connectivity index (χ1n) is 9.97. The minimum Gasteiger partial charge on any atom is -0.399 e. The van der Waals surface area contributed by atoms with Crippen LogP contribution in [0.2, 0.25) is 5.02 Å². The summed E-state index contributed by atoms with van der Waals surface area (Å²) in [5, 5.41) is 4.86. The molecule has 4 aromatic rings. The van der Waals surface area contributed by atoms with Gasteiger partial charge in [0.15, 0.2) is 5.76 Å². The predicted molar refractivity (Wildman–Crippen MR) is 119 cm³/mol. The van der Waals surface area contributed by atoms with Crippen molar-refractivity contribution in [1.29, 1.82) is 0 Å². The van der Waals surface area contributed by atoms with Gasteiger partial charge in [0, 0.05) is 54.0 Å². The van der Waals surface area contributed by atoms with Gasteiger partial charge in [-0.15, -0.1) is 0 Å². The Morgan fingerprint density at radius 1 is 1.10 bits per heavy atom. The van der Waals surface area contributed by atoms with Crippen molar-refractivity contribution in [3.63, 3.8) is 0 Å². The van der Waals surface area contributed by atoms with E-state index in [9.17, 15) is 4.79 Å². The molecule has 0 atom stereocenters. The summed E-state index contributed by atoms with van der Waals surface area (Å²) < 4.78 is 5.49. The molecular formula is C23H20ClN5O2. The highest BCUT2D eigenvalue weighted by Crippen LogP contribution is 2.24. The maximum atomic E-state index is 12.7. The van der Waals surface area contributed by atoms with Crippen LogP contribution in [0.25, 0.3) is 22.7 Å². The molecule has 1 aliphatic heterocycles. The smallest absolute Gasteiger partial charge is 0.255 e. The first-order chi connectivity index (χ1) is 15.0. The molecule has 2 aromatic carbocycles. The number of nitrogens with two attached hydrogens (primary N) is 1. The van der Waals surface area contributed by atoms with Crippen molar-refractivity contribution >= 4 is 17.3 Å². The van der Waals surface area contributed by atoms with Gasteiger partial charge in [0.05, 0.1) is 17.0 Å². The van der Waals surface area contributed by atoms with Gasteiger partial charge >= 0.3 is 0 Å². The molecular weight excluding hydrogens is 414 g/mol. The lowest BCUT2D eigenvalue weighted by molar-refractivity contribution is 0.234. The van der Waals surface area contributed by atoms with Gasteiger partial charge in [0.25, 0.3) is 5.56 Å². The highest BCUT2D eigenvalue weighted by Gasteiger charge is 2.22. The van der Waals surface area contributed by atoms with Crippen LogP contribution in [0.4, 0.5) is 5.69 Å². The van der Waals surface area contributed by atoms with E-state index in [0.717, 1.165) is 29.1 Å². The molecule has 156 valence electrons. The second kappa shape index (κ2) is 8.02. The van der Waals surface area contributed by atoms with Crippen molar-refractivity contribution in [3.8, 4) is 22.7 Å². The number of aromatic amines is 1. The van der Waals surface area contributed by atoms with Gasteiger partial charge in [-0.05, 0) is 48.5 Å². The number of nitrogen functional groups attached to an aromatic ring is 1. The minimum atomic E-state index is -0.108. The summed E-state index contributed by atoms with van der Waals surface area (Å²) in [7, 11) is 0. The summed E-state index contributed by atoms with van der Waals surface area (Å²) in [5.41, 5.74) is 10.4. The molecule has 3 heterocycles. The van der Waals surface area contributed by atoms with Gasteiger partial charge in [-0.2, -0.15) is 0 Å². The number of H-pyrrole nitrogens is 1. The third-order valence-electron chi connectivity index (χ3n) is 5.41. The molecule has 5 rings (SSSR count). The van der Waals surface area contributed by atoms with Crippen molar-refractivity contribution in [3.05, 3.63) is 86.9 Å². The maximum absolute atomic E-state index is 12.7. The summed E-state index contributed by atoms with van der Waals surface area (Å²) in [6.07, 6.45) is 0.698. The number of fused-ring (bicyclic) bond motifs is 1. The van der Waals surface area contributed by atoms with Gasteiger partial charge < -0.3 is 15.2 Å². The average Bonchev–Trinajstić information content (AvgIpc) is 3.23. The van der Waals surface area contributed by atoms with E-state index in [4.69, 9.17) is 26.8 Å². The van der Waals surface area contributed by atoms with E-state index < -0.39 is 0 Å². The number of rotatable bonds is 4. The van der Waals surface area contributed by atoms with Crippen LogP contribution in [0.15, 0.2) is 63.9 Å². The Bertz CT molecular complexity index is 1280. The van der Waals surface area contributed by atoms with Gasteiger partial charge in [0.2, 0.25) is 0 Å². The highest BCUT2D eigenvalue weighted by atomic mass is 35.5. The van der Waals surface area contributed by atoms with Crippen LogP contribution >= 0.6 is 11.6 Å². The fourth-order valence-electron chi connectivity index (χ4n) is 3.76. The summed E-state index contributed by atoms with van der Waals surface area (Å²) >= 11 is 5.95. The number of hydrogen-bond donors (Lipinski definition) is 2. The number of anilines is 1. The molecule has 0 saturated carbocycles. The lowest BCUT2D eigenvalue weighted by Crippen LogP contribution is -2.35. The van der Waals surface area contributed by atoms with Crippen LogP contribution in [0, 0.1) is 0 Å². The number of nitrogens with zero attached hydrogens (tertiary/aromatic N) is 3. The monoisotopic (exact) mass is 433 g/mol. The molecule has 0 amide bonds. The third-order valence-corrected chi connectivity index (χ3v) is 5.66. The molecule has 0 radical (unpaired) electrons. The summed E-state index contributed by atoms with van der Waals surface area (Å²) in [6, 6.07) is 16.7. The van der Waals surface area contributed by atoms with Crippen LogP contribution in [0.1, 0.15) is 17.0 Å². The number of aromatic nitrogens is 3. The number of benzene rings is 2. The van der Waals surface area contributed by atoms with Crippen molar-refractivity contribution in [2.24, 2.45) is 0 Å². The van der Waals surface area contributed by atoms with E-state index in [1.807, 2.05) is 42.5 Å². The zero-order valence-electron chi connectivity index (χ0n) is 16.6. The SMILES string of the molecule is Nc1ccc(-c2nc3c(c(=O)[nH]2)CN(Cc2cc(-c4ccc(Cl)cc4)on2)CC3)cc1. The molecule has 0 unspecified atom stereocenters. The van der Waals surface area contributed by atoms with Crippen LogP contribution in [0.5, 0.6) is 0 Å². The molecule has 2 aromatic heterocycles. The Hall–Kier alpha value is -3.42. The summed E-state index contributed by atoms with van der Waals surface area (Å²) in [5.74, 6) is 1.26. The third kappa shape index (κ3) is 4.10. The molecule has 0 aliphatic carbocycles. The normalized spacial score (nSPS) is 13.8.